The van der Waals surface area contributed by atoms with Crippen LogP contribution in [0.1, 0.15) is 20.3 Å². The second-order valence-corrected chi connectivity index (χ2v) is 2.43. The van der Waals surface area contributed by atoms with Crippen molar-refractivity contribution >= 4 is 18.4 Å². The van der Waals surface area contributed by atoms with E-state index in [9.17, 15) is 4.79 Å². The summed E-state index contributed by atoms with van der Waals surface area (Å²) in [5.41, 5.74) is 5.51. The fourth-order valence-electron chi connectivity index (χ4n) is 0.622. The first-order chi connectivity index (χ1) is 4.63. The number of carbonyl (C=O) groups excluding carboxylic acids is 1. The van der Waals surface area contributed by atoms with Gasteiger partial charge in [-0.05, 0) is 5.92 Å². The summed E-state index contributed by atoms with van der Waals surface area (Å²) >= 11 is 0. The van der Waals surface area contributed by atoms with Crippen molar-refractivity contribution in [2.24, 2.45) is 11.7 Å². The molecule has 4 heteroatoms. The summed E-state index contributed by atoms with van der Waals surface area (Å²) in [6, 6.07) is -0.463. The van der Waals surface area contributed by atoms with Crippen molar-refractivity contribution in [3.63, 3.8) is 0 Å². The van der Waals surface area contributed by atoms with E-state index in [1.807, 2.05) is 13.8 Å². The van der Waals surface area contributed by atoms with Gasteiger partial charge in [-0.2, -0.15) is 0 Å². The van der Waals surface area contributed by atoms with E-state index in [1.165, 1.54) is 7.11 Å². The van der Waals surface area contributed by atoms with Crippen molar-refractivity contribution in [1.82, 2.24) is 0 Å². The molecule has 11 heavy (non-hydrogen) atoms. The minimum atomic E-state index is -0.463. The Morgan fingerprint density at radius 2 is 2.09 bits per heavy atom. The molecule has 0 fully saturated rings. The van der Waals surface area contributed by atoms with Gasteiger partial charge in [-0.15, -0.1) is 12.4 Å². The van der Waals surface area contributed by atoms with Crippen molar-refractivity contribution in [2.45, 2.75) is 26.3 Å². The first kappa shape index (κ1) is 13.3. The van der Waals surface area contributed by atoms with Crippen LogP contribution in [-0.4, -0.2) is 19.1 Å². The van der Waals surface area contributed by atoms with E-state index in [1.54, 1.807) is 0 Å². The predicted molar refractivity (Wildman–Crippen MR) is 46.7 cm³/mol. The Balaban J connectivity index is 0. The van der Waals surface area contributed by atoms with Crippen LogP contribution in [0.4, 0.5) is 0 Å². The van der Waals surface area contributed by atoms with Crippen LogP contribution < -0.4 is 5.73 Å². The summed E-state index contributed by atoms with van der Waals surface area (Å²) < 4.78 is 4.47. The minimum absolute atomic E-state index is 0. The molecule has 0 saturated heterocycles. The molecular formula is C7H16ClNO2. The maximum atomic E-state index is 10.8. The average molecular weight is 182 g/mol. The molecule has 0 aromatic heterocycles. The number of ether oxygens (including phenoxy) is 1. The lowest BCUT2D eigenvalue weighted by Gasteiger charge is -2.14. The van der Waals surface area contributed by atoms with Crippen LogP contribution in [0.3, 0.4) is 0 Å². The Kier molecular flexibility index (Phi) is 7.79. The molecule has 0 bridgehead atoms. The zero-order valence-electron chi connectivity index (χ0n) is 7.16. The number of esters is 1. The number of carbonyl (C=O) groups is 1. The van der Waals surface area contributed by atoms with Crippen LogP contribution in [0, 0.1) is 5.92 Å². The summed E-state index contributed by atoms with van der Waals surface area (Å²) in [5, 5.41) is 0. The lowest BCUT2D eigenvalue weighted by atomic mass is 10.0. The van der Waals surface area contributed by atoms with E-state index in [0.717, 1.165) is 6.42 Å². The monoisotopic (exact) mass is 181 g/mol. The van der Waals surface area contributed by atoms with Gasteiger partial charge in [0.1, 0.15) is 6.04 Å². The zero-order valence-corrected chi connectivity index (χ0v) is 7.98. The standard InChI is InChI=1S/C7H15NO2.ClH/c1-4-5(2)6(8)7(9)10-3;/h5-6H,4,8H2,1-3H3;1H/t5-,6?;/m0./s1. The highest BCUT2D eigenvalue weighted by Crippen LogP contribution is 2.05. The largest absolute Gasteiger partial charge is 0.468 e. The van der Waals surface area contributed by atoms with Crippen molar-refractivity contribution < 1.29 is 9.53 Å². The van der Waals surface area contributed by atoms with Crippen molar-refractivity contribution in [3.05, 3.63) is 0 Å². The highest BCUT2D eigenvalue weighted by Gasteiger charge is 2.19. The number of methoxy groups -OCH3 is 1. The summed E-state index contributed by atoms with van der Waals surface area (Å²) in [7, 11) is 1.35. The molecule has 0 spiro atoms. The van der Waals surface area contributed by atoms with Crippen molar-refractivity contribution in [1.29, 1.82) is 0 Å². The molecule has 0 aliphatic heterocycles. The molecule has 1 unspecified atom stereocenters. The van der Waals surface area contributed by atoms with Crippen LogP contribution in [0.15, 0.2) is 0 Å². The molecule has 0 amide bonds. The minimum Gasteiger partial charge on any atom is -0.468 e. The third kappa shape index (κ3) is 4.22. The maximum Gasteiger partial charge on any atom is 0.322 e. The van der Waals surface area contributed by atoms with Gasteiger partial charge in [-0.25, -0.2) is 0 Å². The van der Waals surface area contributed by atoms with E-state index in [4.69, 9.17) is 5.73 Å². The zero-order chi connectivity index (χ0) is 8.15. The molecule has 0 radical (unpaired) electrons. The van der Waals surface area contributed by atoms with Gasteiger partial charge in [0, 0.05) is 0 Å². The number of rotatable bonds is 3. The SMILES string of the molecule is CC[C@H](C)C(N)C(=O)OC.Cl. The number of halogens is 1. The molecular weight excluding hydrogens is 166 g/mol. The molecule has 3 nitrogen and oxygen atoms in total. The Labute approximate surface area is 73.7 Å². The number of hydrogen-bond donors (Lipinski definition) is 1. The quantitative estimate of drug-likeness (QED) is 0.660. The molecule has 68 valence electrons. The molecule has 0 aliphatic rings. The normalized spacial score (nSPS) is 14.5. The van der Waals surface area contributed by atoms with Crippen LogP contribution in [-0.2, 0) is 9.53 Å². The Hall–Kier alpha value is -0.280. The van der Waals surface area contributed by atoms with Gasteiger partial charge in [0.05, 0.1) is 7.11 Å². The summed E-state index contributed by atoms with van der Waals surface area (Å²) in [6.07, 6.45) is 0.899. The van der Waals surface area contributed by atoms with Gasteiger partial charge >= 0.3 is 5.97 Å². The second kappa shape index (κ2) is 6.43. The fraction of sp³-hybridized carbons (Fsp3) is 0.857. The number of nitrogens with two attached hydrogens (primary N) is 1. The Morgan fingerprint density at radius 1 is 1.64 bits per heavy atom. The first-order valence-corrected chi connectivity index (χ1v) is 3.46. The van der Waals surface area contributed by atoms with Crippen LogP contribution >= 0.6 is 12.4 Å². The molecule has 0 saturated carbocycles. The van der Waals surface area contributed by atoms with E-state index in [2.05, 4.69) is 4.74 Å². The highest BCUT2D eigenvalue weighted by molar-refractivity contribution is 5.85. The first-order valence-electron chi connectivity index (χ1n) is 3.46. The Bertz CT molecular complexity index is 119. The maximum absolute atomic E-state index is 10.8. The van der Waals surface area contributed by atoms with E-state index < -0.39 is 6.04 Å². The summed E-state index contributed by atoms with van der Waals surface area (Å²) in [4.78, 5) is 10.8. The number of hydrogen-bond acceptors (Lipinski definition) is 3. The van der Waals surface area contributed by atoms with Gasteiger partial charge in [-0.1, -0.05) is 20.3 Å². The smallest absolute Gasteiger partial charge is 0.322 e. The van der Waals surface area contributed by atoms with Gasteiger partial charge < -0.3 is 10.5 Å². The van der Waals surface area contributed by atoms with Crippen molar-refractivity contribution in [3.8, 4) is 0 Å². The third-order valence-electron chi connectivity index (χ3n) is 1.73. The summed E-state index contributed by atoms with van der Waals surface area (Å²) in [5.74, 6) is -0.123. The molecule has 0 rings (SSSR count). The molecule has 0 heterocycles. The van der Waals surface area contributed by atoms with Crippen LogP contribution in [0.5, 0.6) is 0 Å². The lowest BCUT2D eigenvalue weighted by molar-refractivity contribution is -0.143. The van der Waals surface area contributed by atoms with E-state index in [-0.39, 0.29) is 24.3 Å². The average Bonchev–Trinajstić information content (AvgIpc) is 2.00. The molecule has 2 atom stereocenters. The molecule has 0 aromatic carbocycles. The second-order valence-electron chi connectivity index (χ2n) is 2.43. The lowest BCUT2D eigenvalue weighted by Crippen LogP contribution is -2.37. The van der Waals surface area contributed by atoms with Crippen LogP contribution in [0.25, 0.3) is 0 Å². The van der Waals surface area contributed by atoms with E-state index in [0.29, 0.717) is 0 Å². The van der Waals surface area contributed by atoms with Crippen molar-refractivity contribution in [2.75, 3.05) is 7.11 Å². The van der Waals surface area contributed by atoms with Gasteiger partial charge in [0.25, 0.3) is 0 Å². The molecule has 0 aromatic rings. The highest BCUT2D eigenvalue weighted by atomic mass is 35.5. The van der Waals surface area contributed by atoms with E-state index >= 15 is 0 Å². The Morgan fingerprint density at radius 3 is 2.36 bits per heavy atom. The topological polar surface area (TPSA) is 52.3 Å². The molecule has 0 aliphatic carbocycles. The van der Waals surface area contributed by atoms with Gasteiger partial charge in [0.2, 0.25) is 0 Å². The van der Waals surface area contributed by atoms with Gasteiger partial charge in [-0.3, -0.25) is 4.79 Å². The third-order valence-corrected chi connectivity index (χ3v) is 1.73. The predicted octanol–water partition coefficient (Wildman–Crippen LogP) is 0.955. The fourth-order valence-corrected chi connectivity index (χ4v) is 0.622. The van der Waals surface area contributed by atoms with Gasteiger partial charge in [0.15, 0.2) is 0 Å². The summed E-state index contributed by atoms with van der Waals surface area (Å²) in [6.45, 7) is 3.93. The molecule has 2 N–H and O–H groups in total. The van der Waals surface area contributed by atoms with Crippen LogP contribution in [0.2, 0.25) is 0 Å².